The summed E-state index contributed by atoms with van der Waals surface area (Å²) in [6, 6.07) is 0. The second kappa shape index (κ2) is 6.19. The topological polar surface area (TPSA) is 79.4 Å². The molecule has 1 amide bonds. The molecule has 0 atom stereocenters. The Morgan fingerprint density at radius 1 is 1.45 bits per heavy atom. The SMILES string of the molecule is CC(C)S(=O)(=O)N1CCC(C(=O)Nc2nccs2)CC1. The largest absolute Gasteiger partial charge is 0.302 e. The first-order chi connectivity index (χ1) is 9.41. The summed E-state index contributed by atoms with van der Waals surface area (Å²) in [5.41, 5.74) is 0. The first-order valence-corrected chi connectivity index (χ1v) is 8.99. The highest BCUT2D eigenvalue weighted by Gasteiger charge is 2.32. The minimum absolute atomic E-state index is 0.0680. The minimum Gasteiger partial charge on any atom is -0.302 e. The van der Waals surface area contributed by atoms with Crippen molar-refractivity contribution in [2.75, 3.05) is 18.4 Å². The minimum atomic E-state index is -3.21. The number of nitrogens with one attached hydrogen (secondary N) is 1. The van der Waals surface area contributed by atoms with Crippen molar-refractivity contribution < 1.29 is 13.2 Å². The number of thiazole rings is 1. The number of rotatable bonds is 4. The number of hydrogen-bond donors (Lipinski definition) is 1. The third-order valence-electron chi connectivity index (χ3n) is 3.44. The molecule has 0 aliphatic carbocycles. The fourth-order valence-electron chi connectivity index (χ4n) is 2.16. The van der Waals surface area contributed by atoms with Crippen LogP contribution in [0.2, 0.25) is 0 Å². The van der Waals surface area contributed by atoms with Crippen LogP contribution < -0.4 is 5.32 Å². The van der Waals surface area contributed by atoms with Crippen molar-refractivity contribution in [3.63, 3.8) is 0 Å². The van der Waals surface area contributed by atoms with Crippen molar-refractivity contribution in [2.45, 2.75) is 31.9 Å². The van der Waals surface area contributed by atoms with Crippen LogP contribution in [0.4, 0.5) is 5.13 Å². The van der Waals surface area contributed by atoms with Crippen LogP contribution in [-0.4, -0.2) is 42.0 Å². The molecule has 0 spiro atoms. The molecule has 112 valence electrons. The second-order valence-electron chi connectivity index (χ2n) is 5.09. The Kier molecular flexibility index (Phi) is 4.77. The van der Waals surface area contributed by atoms with Gasteiger partial charge in [-0.2, -0.15) is 0 Å². The molecular formula is C12H19N3O3S2. The van der Waals surface area contributed by atoms with Gasteiger partial charge in [0.15, 0.2) is 5.13 Å². The van der Waals surface area contributed by atoms with Gasteiger partial charge in [-0.05, 0) is 26.7 Å². The summed E-state index contributed by atoms with van der Waals surface area (Å²) in [5, 5.41) is 4.74. The van der Waals surface area contributed by atoms with Gasteiger partial charge in [-0.3, -0.25) is 4.79 Å². The van der Waals surface area contributed by atoms with E-state index in [0.29, 0.717) is 31.1 Å². The van der Waals surface area contributed by atoms with Gasteiger partial charge in [0.2, 0.25) is 15.9 Å². The molecule has 1 N–H and O–H groups in total. The molecule has 0 bridgehead atoms. The molecule has 0 radical (unpaired) electrons. The Morgan fingerprint density at radius 2 is 2.10 bits per heavy atom. The number of piperidine rings is 1. The Morgan fingerprint density at radius 3 is 2.60 bits per heavy atom. The summed E-state index contributed by atoms with van der Waals surface area (Å²) in [6.07, 6.45) is 2.75. The van der Waals surface area contributed by atoms with Crippen LogP contribution in [0, 0.1) is 5.92 Å². The fourth-order valence-corrected chi connectivity index (χ4v) is 4.01. The van der Waals surface area contributed by atoms with E-state index < -0.39 is 15.3 Å². The quantitative estimate of drug-likeness (QED) is 0.913. The predicted molar refractivity (Wildman–Crippen MR) is 79.1 cm³/mol. The number of carbonyl (C=O) groups is 1. The lowest BCUT2D eigenvalue weighted by molar-refractivity contribution is -0.120. The summed E-state index contributed by atoms with van der Waals surface area (Å²) in [4.78, 5) is 16.1. The molecule has 2 rings (SSSR count). The molecule has 20 heavy (non-hydrogen) atoms. The molecular weight excluding hydrogens is 298 g/mol. The summed E-state index contributed by atoms with van der Waals surface area (Å²) >= 11 is 1.37. The number of aromatic nitrogens is 1. The lowest BCUT2D eigenvalue weighted by Crippen LogP contribution is -2.44. The van der Waals surface area contributed by atoms with Crippen LogP contribution in [0.5, 0.6) is 0 Å². The van der Waals surface area contributed by atoms with Crippen LogP contribution >= 0.6 is 11.3 Å². The van der Waals surface area contributed by atoms with E-state index in [0.717, 1.165) is 0 Å². The predicted octanol–water partition coefficient (Wildman–Crippen LogP) is 1.53. The lowest BCUT2D eigenvalue weighted by Gasteiger charge is -2.31. The second-order valence-corrected chi connectivity index (χ2v) is 8.48. The highest BCUT2D eigenvalue weighted by Crippen LogP contribution is 2.23. The first kappa shape index (κ1) is 15.4. The van der Waals surface area contributed by atoms with Gasteiger partial charge in [-0.15, -0.1) is 11.3 Å². The third-order valence-corrected chi connectivity index (χ3v) is 6.41. The molecule has 1 saturated heterocycles. The molecule has 1 aliphatic heterocycles. The maximum Gasteiger partial charge on any atom is 0.229 e. The molecule has 2 heterocycles. The van der Waals surface area contributed by atoms with Gasteiger partial charge in [-0.25, -0.2) is 17.7 Å². The fraction of sp³-hybridized carbons (Fsp3) is 0.667. The Balaban J connectivity index is 1.90. The zero-order chi connectivity index (χ0) is 14.8. The maximum absolute atomic E-state index is 12.0. The molecule has 1 aliphatic rings. The van der Waals surface area contributed by atoms with E-state index in [4.69, 9.17) is 0 Å². The number of sulfonamides is 1. The van der Waals surface area contributed by atoms with Crippen molar-refractivity contribution >= 4 is 32.4 Å². The van der Waals surface area contributed by atoms with Crippen molar-refractivity contribution in [1.29, 1.82) is 0 Å². The van der Waals surface area contributed by atoms with Crippen molar-refractivity contribution in [2.24, 2.45) is 5.92 Å². The van der Waals surface area contributed by atoms with Gasteiger partial charge in [0, 0.05) is 30.6 Å². The summed E-state index contributed by atoms with van der Waals surface area (Å²) in [6.45, 7) is 4.18. The Hall–Kier alpha value is -0.990. The van der Waals surface area contributed by atoms with E-state index in [-0.39, 0.29) is 11.8 Å². The monoisotopic (exact) mass is 317 g/mol. The van der Waals surface area contributed by atoms with E-state index in [9.17, 15) is 13.2 Å². The van der Waals surface area contributed by atoms with Gasteiger partial charge < -0.3 is 5.32 Å². The van der Waals surface area contributed by atoms with E-state index >= 15 is 0 Å². The molecule has 6 nitrogen and oxygen atoms in total. The standard InChI is InChI=1S/C12H19N3O3S2/c1-9(2)20(17,18)15-6-3-10(4-7-15)11(16)14-12-13-5-8-19-12/h5,8-10H,3-4,6-7H2,1-2H3,(H,13,14,16). The van der Waals surface area contributed by atoms with Crippen LogP contribution in [0.15, 0.2) is 11.6 Å². The van der Waals surface area contributed by atoms with Gasteiger partial charge >= 0.3 is 0 Å². The Bertz CT molecular complexity index is 547. The summed E-state index contributed by atoms with van der Waals surface area (Å²) < 4.78 is 25.6. The van der Waals surface area contributed by atoms with E-state index in [1.165, 1.54) is 15.6 Å². The smallest absolute Gasteiger partial charge is 0.229 e. The lowest BCUT2D eigenvalue weighted by atomic mass is 9.97. The number of amides is 1. The van der Waals surface area contributed by atoms with Gasteiger partial charge in [0.1, 0.15) is 0 Å². The van der Waals surface area contributed by atoms with Crippen LogP contribution in [-0.2, 0) is 14.8 Å². The Labute approximate surface area is 123 Å². The number of nitrogens with zero attached hydrogens (tertiary/aromatic N) is 2. The normalized spacial score (nSPS) is 18.4. The van der Waals surface area contributed by atoms with Crippen LogP contribution in [0.1, 0.15) is 26.7 Å². The van der Waals surface area contributed by atoms with Crippen molar-refractivity contribution in [3.05, 3.63) is 11.6 Å². The molecule has 0 unspecified atom stereocenters. The summed E-state index contributed by atoms with van der Waals surface area (Å²) in [5.74, 6) is -0.209. The van der Waals surface area contributed by atoms with Crippen LogP contribution in [0.25, 0.3) is 0 Å². The number of hydrogen-bond acceptors (Lipinski definition) is 5. The van der Waals surface area contributed by atoms with Gasteiger partial charge in [0.05, 0.1) is 5.25 Å². The van der Waals surface area contributed by atoms with Crippen molar-refractivity contribution in [1.82, 2.24) is 9.29 Å². The van der Waals surface area contributed by atoms with Gasteiger partial charge in [-0.1, -0.05) is 0 Å². The van der Waals surface area contributed by atoms with Gasteiger partial charge in [0.25, 0.3) is 0 Å². The van der Waals surface area contributed by atoms with Crippen molar-refractivity contribution in [3.8, 4) is 0 Å². The van der Waals surface area contributed by atoms with E-state index in [1.54, 1.807) is 25.4 Å². The van der Waals surface area contributed by atoms with Crippen LogP contribution in [0.3, 0.4) is 0 Å². The molecule has 1 fully saturated rings. The third kappa shape index (κ3) is 3.36. The average molecular weight is 317 g/mol. The average Bonchev–Trinajstić information content (AvgIpc) is 2.91. The maximum atomic E-state index is 12.0. The highest BCUT2D eigenvalue weighted by atomic mass is 32.2. The molecule has 0 aromatic carbocycles. The highest BCUT2D eigenvalue weighted by molar-refractivity contribution is 7.89. The number of carbonyl (C=O) groups excluding carboxylic acids is 1. The summed E-state index contributed by atoms with van der Waals surface area (Å²) in [7, 11) is -3.21. The molecule has 1 aromatic rings. The number of anilines is 1. The molecule has 1 aromatic heterocycles. The molecule has 8 heteroatoms. The first-order valence-electron chi connectivity index (χ1n) is 6.60. The van der Waals surface area contributed by atoms with E-state index in [1.807, 2.05) is 0 Å². The zero-order valence-corrected chi connectivity index (χ0v) is 13.2. The van der Waals surface area contributed by atoms with E-state index in [2.05, 4.69) is 10.3 Å². The molecule has 0 saturated carbocycles. The zero-order valence-electron chi connectivity index (χ0n) is 11.6.